The third-order valence-corrected chi connectivity index (χ3v) is 4.63. The van der Waals surface area contributed by atoms with Crippen molar-refractivity contribution in [3.63, 3.8) is 0 Å². The maximum atomic E-state index is 12.4. The number of carbonyl (C=O) groups excluding carboxylic acids is 2. The van der Waals surface area contributed by atoms with Crippen LogP contribution in [0.3, 0.4) is 0 Å². The molecule has 2 fully saturated rings. The number of hydrogen-bond donors (Lipinski definition) is 6. The maximum absolute atomic E-state index is 12.4. The summed E-state index contributed by atoms with van der Waals surface area (Å²) < 4.78 is 10.2. The van der Waals surface area contributed by atoms with Crippen LogP contribution in [-0.2, 0) is 25.5 Å². The number of carbonyl (C=O) groups is 2. The van der Waals surface area contributed by atoms with Crippen molar-refractivity contribution in [3.05, 3.63) is 29.8 Å². The summed E-state index contributed by atoms with van der Waals surface area (Å²) >= 11 is 0. The molecule has 0 saturated carbocycles. The molecule has 2 heterocycles. The van der Waals surface area contributed by atoms with E-state index in [9.17, 15) is 30.0 Å². The molecule has 3 rings (SSSR count). The lowest BCUT2D eigenvalue weighted by Gasteiger charge is -2.29. The summed E-state index contributed by atoms with van der Waals surface area (Å²) in [5.41, 5.74) is 0.716. The van der Waals surface area contributed by atoms with Gasteiger partial charge in [0.2, 0.25) is 11.7 Å². The van der Waals surface area contributed by atoms with E-state index in [0.29, 0.717) is 5.56 Å². The molecule has 10 heteroatoms. The number of nitrogens with one attached hydrogen (secondary N) is 2. The molecule has 2 aliphatic rings. The van der Waals surface area contributed by atoms with Gasteiger partial charge in [-0.1, -0.05) is 12.1 Å². The first-order chi connectivity index (χ1) is 12.8. The highest BCUT2D eigenvalue weighted by atomic mass is 16.7. The van der Waals surface area contributed by atoms with E-state index in [4.69, 9.17) is 9.47 Å². The molecule has 0 radical (unpaired) electrons. The fourth-order valence-corrected chi connectivity index (χ4v) is 3.05. The van der Waals surface area contributed by atoms with Crippen molar-refractivity contribution < 1.29 is 39.5 Å². The summed E-state index contributed by atoms with van der Waals surface area (Å²) in [5.74, 6) is -3.33. The molecule has 2 saturated heterocycles. The molecule has 1 amide bonds. The largest absolute Gasteiger partial charge is 0.508 e. The molecule has 1 aromatic carbocycles. The average molecular weight is 382 g/mol. The van der Waals surface area contributed by atoms with Gasteiger partial charge in [0.15, 0.2) is 0 Å². The highest BCUT2D eigenvalue weighted by molar-refractivity contribution is 5.86. The Balaban J connectivity index is 1.79. The van der Waals surface area contributed by atoms with Crippen molar-refractivity contribution in [2.24, 2.45) is 0 Å². The van der Waals surface area contributed by atoms with Crippen LogP contribution in [0.1, 0.15) is 5.56 Å². The van der Waals surface area contributed by atoms with Gasteiger partial charge in [-0.2, -0.15) is 0 Å². The van der Waals surface area contributed by atoms with Crippen molar-refractivity contribution in [2.75, 3.05) is 19.7 Å². The van der Waals surface area contributed by atoms with Gasteiger partial charge in [0.05, 0.1) is 12.6 Å². The Bertz CT molecular complexity index is 697. The minimum Gasteiger partial charge on any atom is -0.508 e. The number of benzene rings is 1. The van der Waals surface area contributed by atoms with Crippen molar-refractivity contribution in [3.8, 4) is 5.75 Å². The predicted molar refractivity (Wildman–Crippen MR) is 89.4 cm³/mol. The quantitative estimate of drug-likeness (QED) is 0.301. The minimum atomic E-state index is -2.15. The zero-order valence-electron chi connectivity index (χ0n) is 14.4. The molecule has 5 atom stereocenters. The standard InChI is InChI=1S/C17H22N2O8/c20-10-3-1-9(2-4-10)5-11-16(24)18-6-13(21)26-7-12-14(22)15(23)17(25,27-12)8-19-11/h1-4,11-12,14-15,19-20,22-23,25H,5-8H2,(H,18,24)/t11-,12+,14+,15-,17+/m0/s1. The Hall–Kier alpha value is -2.24. The van der Waals surface area contributed by atoms with Crippen molar-refractivity contribution in [1.29, 1.82) is 0 Å². The number of hydrogen-bond acceptors (Lipinski definition) is 9. The molecule has 2 bridgehead atoms. The van der Waals surface area contributed by atoms with Crippen LogP contribution in [0.5, 0.6) is 5.75 Å². The monoisotopic (exact) mass is 382 g/mol. The molecule has 0 aliphatic carbocycles. The van der Waals surface area contributed by atoms with Crippen LogP contribution in [0.15, 0.2) is 24.3 Å². The Morgan fingerprint density at radius 3 is 2.59 bits per heavy atom. The van der Waals surface area contributed by atoms with Crippen LogP contribution < -0.4 is 10.6 Å². The van der Waals surface area contributed by atoms with Gasteiger partial charge in [-0.15, -0.1) is 0 Å². The van der Waals surface area contributed by atoms with E-state index >= 15 is 0 Å². The van der Waals surface area contributed by atoms with Crippen LogP contribution in [0, 0.1) is 0 Å². The summed E-state index contributed by atoms with van der Waals surface area (Å²) in [4.78, 5) is 24.2. The normalized spacial score (nSPS) is 34.9. The number of phenols is 1. The number of aliphatic hydroxyl groups is 3. The van der Waals surface area contributed by atoms with Crippen LogP contribution in [0.25, 0.3) is 0 Å². The van der Waals surface area contributed by atoms with E-state index < -0.39 is 42.0 Å². The van der Waals surface area contributed by atoms with E-state index in [1.165, 1.54) is 12.1 Å². The lowest BCUT2D eigenvalue weighted by Crippen LogP contribution is -2.56. The minimum absolute atomic E-state index is 0.0782. The average Bonchev–Trinajstić information content (AvgIpc) is 2.86. The zero-order chi connectivity index (χ0) is 19.6. The van der Waals surface area contributed by atoms with Crippen molar-refractivity contribution in [1.82, 2.24) is 10.6 Å². The number of phenolic OH excluding ortho intramolecular Hbond substituents is 1. The van der Waals surface area contributed by atoms with Gasteiger partial charge >= 0.3 is 5.97 Å². The summed E-state index contributed by atoms with van der Waals surface area (Å²) in [6, 6.07) is 5.32. The summed E-state index contributed by atoms with van der Waals surface area (Å²) in [5, 5.41) is 45.3. The number of ether oxygens (including phenoxy) is 2. The van der Waals surface area contributed by atoms with Gasteiger partial charge in [-0.05, 0) is 24.1 Å². The molecule has 0 spiro atoms. The molecular weight excluding hydrogens is 360 g/mol. The van der Waals surface area contributed by atoms with Gasteiger partial charge in [0.25, 0.3) is 0 Å². The van der Waals surface area contributed by atoms with Crippen molar-refractivity contribution in [2.45, 2.75) is 36.6 Å². The number of aliphatic hydroxyl groups excluding tert-OH is 2. The second kappa shape index (κ2) is 7.79. The fraction of sp³-hybridized carbons (Fsp3) is 0.529. The van der Waals surface area contributed by atoms with Gasteiger partial charge in [-0.3, -0.25) is 9.59 Å². The third kappa shape index (κ3) is 4.37. The number of rotatable bonds is 2. The van der Waals surface area contributed by atoms with E-state index in [1.807, 2.05) is 0 Å². The maximum Gasteiger partial charge on any atom is 0.325 e. The van der Waals surface area contributed by atoms with Gasteiger partial charge < -0.3 is 40.5 Å². The Kier molecular flexibility index (Phi) is 5.63. The highest BCUT2D eigenvalue weighted by Crippen LogP contribution is 2.29. The lowest BCUT2D eigenvalue weighted by atomic mass is 10.0. The number of fused-ring (bicyclic) bond motifs is 2. The van der Waals surface area contributed by atoms with Gasteiger partial charge in [-0.25, -0.2) is 0 Å². The van der Waals surface area contributed by atoms with Crippen LogP contribution in [0.2, 0.25) is 0 Å². The topological polar surface area (TPSA) is 158 Å². The first-order valence-corrected chi connectivity index (χ1v) is 8.49. The first-order valence-electron chi connectivity index (χ1n) is 8.49. The molecule has 2 aliphatic heterocycles. The number of esters is 1. The second-order valence-corrected chi connectivity index (χ2v) is 6.64. The number of cyclic esters (lactones) is 1. The molecule has 1 aromatic rings. The summed E-state index contributed by atoms with van der Waals surface area (Å²) in [6.45, 7) is -1.08. The molecule has 0 aromatic heterocycles. The van der Waals surface area contributed by atoms with Crippen LogP contribution in [-0.4, -0.2) is 82.1 Å². The fourth-order valence-electron chi connectivity index (χ4n) is 3.05. The Morgan fingerprint density at radius 2 is 1.89 bits per heavy atom. The molecule has 148 valence electrons. The van der Waals surface area contributed by atoms with Crippen LogP contribution in [0.4, 0.5) is 0 Å². The molecule has 6 N–H and O–H groups in total. The predicted octanol–water partition coefficient (Wildman–Crippen LogP) is -2.62. The van der Waals surface area contributed by atoms with Gasteiger partial charge in [0.1, 0.15) is 37.2 Å². The van der Waals surface area contributed by atoms with Crippen LogP contribution >= 0.6 is 0 Å². The molecule has 27 heavy (non-hydrogen) atoms. The SMILES string of the molecule is O=C1CNC(=O)[C@H](Cc2ccc(O)cc2)NC[C@@]2(O)O[C@H](CO1)[C@@H](O)[C@@H]2O. The van der Waals surface area contributed by atoms with Crippen molar-refractivity contribution >= 4 is 11.9 Å². The molecular formula is C17H22N2O8. The highest BCUT2D eigenvalue weighted by Gasteiger charge is 2.53. The Morgan fingerprint density at radius 1 is 1.19 bits per heavy atom. The van der Waals surface area contributed by atoms with Gasteiger partial charge in [0, 0.05) is 0 Å². The third-order valence-electron chi connectivity index (χ3n) is 4.63. The summed E-state index contributed by atoms with van der Waals surface area (Å²) in [7, 11) is 0. The summed E-state index contributed by atoms with van der Waals surface area (Å²) in [6.07, 6.45) is -4.02. The molecule has 0 unspecified atom stereocenters. The number of aromatic hydroxyl groups is 1. The lowest BCUT2D eigenvalue weighted by molar-refractivity contribution is -0.229. The number of amides is 1. The first kappa shape index (κ1) is 19.5. The smallest absolute Gasteiger partial charge is 0.325 e. The Labute approximate surface area is 154 Å². The van der Waals surface area contributed by atoms with E-state index in [1.54, 1.807) is 12.1 Å². The van der Waals surface area contributed by atoms with E-state index in [2.05, 4.69) is 10.6 Å². The zero-order valence-corrected chi connectivity index (χ0v) is 14.4. The number of β-amino-alcohol motifs (C(OH)–C–C–N with tert-alkyl or cyclic N) is 1. The second-order valence-electron chi connectivity index (χ2n) is 6.64. The van der Waals surface area contributed by atoms with E-state index in [0.717, 1.165) is 0 Å². The van der Waals surface area contributed by atoms with E-state index in [-0.39, 0.29) is 31.9 Å². The molecule has 10 nitrogen and oxygen atoms in total.